The van der Waals surface area contributed by atoms with Crippen molar-refractivity contribution in [3.8, 4) is 0 Å². The van der Waals surface area contributed by atoms with Gasteiger partial charge in [-0.1, -0.05) is 6.07 Å². The summed E-state index contributed by atoms with van der Waals surface area (Å²) in [5.74, 6) is -0.902. The molecule has 1 aromatic heterocycles. The molecule has 0 saturated carbocycles. The minimum Gasteiger partial charge on any atom is -0.380 e. The molecule has 0 atom stereocenters. The zero-order chi connectivity index (χ0) is 11.7. The zero-order valence-electron chi connectivity index (χ0n) is 8.62. The zero-order valence-corrected chi connectivity index (χ0v) is 9.44. The number of thiophene rings is 1. The number of rotatable bonds is 3. The molecule has 0 unspecified atom stereocenters. The van der Waals surface area contributed by atoms with E-state index < -0.39 is 5.91 Å². The lowest BCUT2D eigenvalue weighted by molar-refractivity contribution is 0.1000. The van der Waals surface area contributed by atoms with Gasteiger partial charge in [0.1, 0.15) is 5.82 Å². The Kier molecular flexibility index (Phi) is 2.89. The molecule has 16 heavy (non-hydrogen) atoms. The van der Waals surface area contributed by atoms with Crippen molar-refractivity contribution in [3.05, 3.63) is 34.5 Å². The van der Waals surface area contributed by atoms with Crippen molar-refractivity contribution in [1.82, 2.24) is 0 Å². The Bertz CT molecular complexity index is 550. The van der Waals surface area contributed by atoms with Crippen LogP contribution in [0.15, 0.2) is 18.2 Å². The fraction of sp³-hybridized carbons (Fsp3) is 0.182. The summed E-state index contributed by atoms with van der Waals surface area (Å²) >= 11 is 1.19. The fourth-order valence-corrected chi connectivity index (χ4v) is 2.72. The molecule has 0 aliphatic rings. The topological polar surface area (TPSA) is 52.3 Å². The molecule has 0 aliphatic carbocycles. The molecule has 0 fully saturated rings. The number of methoxy groups -OCH3 is 1. The standard InChI is InChI=1S/C11H10FNO2S/c1-15-5-6-9-7(12)3-2-4-8(9)16-10(6)11(13)14/h2-4H,5H2,1H3,(H2,13,14). The maximum Gasteiger partial charge on any atom is 0.259 e. The normalized spacial score (nSPS) is 10.9. The minimum atomic E-state index is -0.548. The van der Waals surface area contributed by atoms with Gasteiger partial charge in [-0.25, -0.2) is 4.39 Å². The van der Waals surface area contributed by atoms with E-state index in [1.165, 1.54) is 24.5 Å². The summed E-state index contributed by atoms with van der Waals surface area (Å²) in [6.45, 7) is 0.180. The molecule has 0 aliphatic heterocycles. The lowest BCUT2D eigenvalue weighted by Gasteiger charge is -2.00. The fourth-order valence-electron chi connectivity index (χ4n) is 1.65. The first-order valence-corrected chi connectivity index (χ1v) is 5.45. The summed E-state index contributed by atoms with van der Waals surface area (Å²) in [7, 11) is 1.50. The van der Waals surface area contributed by atoms with E-state index in [1.807, 2.05) is 0 Å². The Hall–Kier alpha value is -1.46. The van der Waals surface area contributed by atoms with Crippen LogP contribution in [0.1, 0.15) is 15.2 Å². The Labute approximate surface area is 95.6 Å². The van der Waals surface area contributed by atoms with Crippen LogP contribution in [0.4, 0.5) is 4.39 Å². The second kappa shape index (κ2) is 4.19. The summed E-state index contributed by atoms with van der Waals surface area (Å²) in [5.41, 5.74) is 5.79. The largest absolute Gasteiger partial charge is 0.380 e. The van der Waals surface area contributed by atoms with Crippen molar-refractivity contribution in [2.75, 3.05) is 7.11 Å². The van der Waals surface area contributed by atoms with Gasteiger partial charge >= 0.3 is 0 Å². The molecule has 84 valence electrons. The van der Waals surface area contributed by atoms with E-state index in [-0.39, 0.29) is 12.4 Å². The van der Waals surface area contributed by atoms with Gasteiger partial charge in [0, 0.05) is 22.8 Å². The lowest BCUT2D eigenvalue weighted by Crippen LogP contribution is -2.11. The quantitative estimate of drug-likeness (QED) is 0.893. The number of halogens is 1. The lowest BCUT2D eigenvalue weighted by atomic mass is 10.1. The van der Waals surface area contributed by atoms with Crippen molar-refractivity contribution in [2.45, 2.75) is 6.61 Å². The number of carbonyl (C=O) groups excluding carboxylic acids is 1. The number of hydrogen-bond acceptors (Lipinski definition) is 3. The molecule has 2 rings (SSSR count). The Morgan fingerprint density at radius 2 is 2.31 bits per heavy atom. The highest BCUT2D eigenvalue weighted by molar-refractivity contribution is 7.21. The molecule has 1 heterocycles. The number of nitrogens with two attached hydrogens (primary N) is 1. The van der Waals surface area contributed by atoms with Gasteiger partial charge in [-0.15, -0.1) is 11.3 Å². The van der Waals surface area contributed by atoms with Crippen molar-refractivity contribution in [1.29, 1.82) is 0 Å². The smallest absolute Gasteiger partial charge is 0.259 e. The number of primary amides is 1. The molecule has 3 nitrogen and oxygen atoms in total. The first-order chi connectivity index (χ1) is 7.65. The SMILES string of the molecule is COCc1c(C(N)=O)sc2cccc(F)c12. The third kappa shape index (κ3) is 1.68. The number of benzene rings is 1. The molecule has 0 bridgehead atoms. The van der Waals surface area contributed by atoms with Gasteiger partial charge in [0.05, 0.1) is 11.5 Å². The highest BCUT2D eigenvalue weighted by atomic mass is 32.1. The molecule has 0 saturated heterocycles. The highest BCUT2D eigenvalue weighted by Crippen LogP contribution is 2.33. The average Bonchev–Trinajstić information content (AvgIpc) is 2.59. The van der Waals surface area contributed by atoms with Crippen LogP contribution >= 0.6 is 11.3 Å². The highest BCUT2D eigenvalue weighted by Gasteiger charge is 2.18. The predicted molar refractivity (Wildman–Crippen MR) is 61.0 cm³/mol. The van der Waals surface area contributed by atoms with Crippen LogP contribution in [-0.2, 0) is 11.3 Å². The predicted octanol–water partition coefficient (Wildman–Crippen LogP) is 2.29. The Balaban J connectivity index is 2.77. The molecule has 5 heteroatoms. The maximum absolute atomic E-state index is 13.6. The van der Waals surface area contributed by atoms with Crippen LogP contribution in [-0.4, -0.2) is 13.0 Å². The number of amides is 1. The van der Waals surface area contributed by atoms with Gasteiger partial charge in [0.15, 0.2) is 0 Å². The molecule has 0 radical (unpaired) electrons. The van der Waals surface area contributed by atoms with Gasteiger partial charge in [0.2, 0.25) is 0 Å². The summed E-state index contributed by atoms with van der Waals surface area (Å²) < 4.78 is 19.3. The summed E-state index contributed by atoms with van der Waals surface area (Å²) in [6, 6.07) is 4.73. The second-order valence-electron chi connectivity index (χ2n) is 3.32. The molecular weight excluding hydrogens is 229 g/mol. The number of hydrogen-bond donors (Lipinski definition) is 1. The van der Waals surface area contributed by atoms with E-state index >= 15 is 0 Å². The van der Waals surface area contributed by atoms with E-state index in [1.54, 1.807) is 12.1 Å². The molecular formula is C11H10FNO2S. The van der Waals surface area contributed by atoms with Gasteiger partial charge in [-0.2, -0.15) is 0 Å². The van der Waals surface area contributed by atoms with E-state index in [2.05, 4.69) is 0 Å². The van der Waals surface area contributed by atoms with Crippen molar-refractivity contribution in [2.24, 2.45) is 5.73 Å². The van der Waals surface area contributed by atoms with Crippen molar-refractivity contribution >= 4 is 27.3 Å². The van der Waals surface area contributed by atoms with Gasteiger partial charge in [0.25, 0.3) is 5.91 Å². The second-order valence-corrected chi connectivity index (χ2v) is 4.37. The van der Waals surface area contributed by atoms with Crippen LogP contribution in [0, 0.1) is 5.82 Å². The third-order valence-corrected chi connectivity index (χ3v) is 3.49. The molecule has 2 N–H and O–H groups in total. The van der Waals surface area contributed by atoms with E-state index in [0.717, 1.165) is 0 Å². The van der Waals surface area contributed by atoms with E-state index in [9.17, 15) is 9.18 Å². The third-order valence-electron chi connectivity index (χ3n) is 2.28. The average molecular weight is 239 g/mol. The monoisotopic (exact) mass is 239 g/mol. The van der Waals surface area contributed by atoms with Crippen molar-refractivity contribution < 1.29 is 13.9 Å². The summed E-state index contributed by atoms with van der Waals surface area (Å²) in [5, 5.41) is 0.433. The van der Waals surface area contributed by atoms with Crippen LogP contribution in [0.3, 0.4) is 0 Å². The Morgan fingerprint density at radius 1 is 1.56 bits per heavy atom. The molecule has 1 aromatic carbocycles. The summed E-state index contributed by atoms with van der Waals surface area (Å²) in [4.78, 5) is 11.6. The number of ether oxygens (including phenoxy) is 1. The van der Waals surface area contributed by atoms with Crippen LogP contribution in [0.2, 0.25) is 0 Å². The van der Waals surface area contributed by atoms with Crippen LogP contribution in [0.25, 0.3) is 10.1 Å². The maximum atomic E-state index is 13.6. The van der Waals surface area contributed by atoms with E-state index in [4.69, 9.17) is 10.5 Å². The Morgan fingerprint density at radius 3 is 2.94 bits per heavy atom. The van der Waals surface area contributed by atoms with Gasteiger partial charge in [-0.05, 0) is 12.1 Å². The first kappa shape index (κ1) is 11.0. The minimum absolute atomic E-state index is 0.180. The molecule has 0 spiro atoms. The first-order valence-electron chi connectivity index (χ1n) is 4.63. The van der Waals surface area contributed by atoms with E-state index in [0.29, 0.717) is 20.5 Å². The van der Waals surface area contributed by atoms with Crippen LogP contribution < -0.4 is 5.73 Å². The number of carbonyl (C=O) groups is 1. The summed E-state index contributed by atoms with van der Waals surface area (Å²) in [6.07, 6.45) is 0. The van der Waals surface area contributed by atoms with Crippen molar-refractivity contribution in [3.63, 3.8) is 0 Å². The van der Waals surface area contributed by atoms with Gasteiger partial charge in [-0.3, -0.25) is 4.79 Å². The molecule has 2 aromatic rings. The number of fused-ring (bicyclic) bond motifs is 1. The van der Waals surface area contributed by atoms with Gasteiger partial charge < -0.3 is 10.5 Å². The molecule has 1 amide bonds. The van der Waals surface area contributed by atoms with Crippen LogP contribution in [0.5, 0.6) is 0 Å².